The minimum absolute atomic E-state index is 0.0635. The van der Waals surface area contributed by atoms with Crippen LogP contribution in [0.2, 0.25) is 0 Å². The average Bonchev–Trinajstić information content (AvgIpc) is 3.37. The molecule has 6 N–H and O–H groups in total. The van der Waals surface area contributed by atoms with Gasteiger partial charge < -0.3 is 31.0 Å². The summed E-state index contributed by atoms with van der Waals surface area (Å²) in [4.78, 5) is 12.3. The predicted molar refractivity (Wildman–Crippen MR) is 121 cm³/mol. The molecule has 5 rings (SSSR count). The molecule has 0 aliphatic heterocycles. The van der Waals surface area contributed by atoms with Crippen molar-refractivity contribution >= 4 is 33.6 Å². The fourth-order valence-electron chi connectivity index (χ4n) is 5.06. The van der Waals surface area contributed by atoms with Crippen LogP contribution < -0.4 is 11.5 Å². The van der Waals surface area contributed by atoms with Crippen LogP contribution in [-0.4, -0.2) is 48.5 Å². The monoisotopic (exact) mass is 452 g/mol. The average molecular weight is 452 g/mol. The summed E-state index contributed by atoms with van der Waals surface area (Å²) in [5.41, 5.74) is 12.0. The number of ether oxygens (including phenoxy) is 1. The minimum atomic E-state index is -1.53. The van der Waals surface area contributed by atoms with Gasteiger partial charge in [-0.25, -0.2) is 19.3 Å². The maximum atomic E-state index is 13.7. The van der Waals surface area contributed by atoms with Crippen LogP contribution in [0.5, 0.6) is 0 Å². The summed E-state index contributed by atoms with van der Waals surface area (Å²) in [5, 5.41) is 24.0. The standard InChI is InChI=1S/C23H25FN6O3/c1-33-18-14(8-12-2-3-13-10-16(24)20(26)29-17(13)9-12)4-6-23(18,32)22(31)30-7-5-15-19(25)27-11-28-21(15)30/h2-3,5,7,9-11,14,18,22,31-32H,4,6,8H2,1H3,(H2,26,29)(H2,25,27,28)/t14-,18+,22+,23+/m0/s1. The summed E-state index contributed by atoms with van der Waals surface area (Å²) in [6.45, 7) is 0. The zero-order valence-corrected chi connectivity index (χ0v) is 18.0. The van der Waals surface area contributed by atoms with Gasteiger partial charge >= 0.3 is 0 Å². The number of hydrogen-bond donors (Lipinski definition) is 4. The molecule has 172 valence electrons. The molecule has 0 bridgehead atoms. The molecule has 0 saturated heterocycles. The highest BCUT2D eigenvalue weighted by atomic mass is 19.1. The molecule has 0 amide bonds. The van der Waals surface area contributed by atoms with E-state index in [0.29, 0.717) is 47.0 Å². The number of anilines is 2. The van der Waals surface area contributed by atoms with Gasteiger partial charge in [0.25, 0.3) is 0 Å². The van der Waals surface area contributed by atoms with Crippen molar-refractivity contribution in [2.45, 2.75) is 37.2 Å². The summed E-state index contributed by atoms with van der Waals surface area (Å²) >= 11 is 0. The number of aliphatic hydroxyl groups is 2. The Labute approximate surface area is 188 Å². The van der Waals surface area contributed by atoms with Crippen LogP contribution in [0.3, 0.4) is 0 Å². The quantitative estimate of drug-likeness (QED) is 0.360. The third-order valence-electron chi connectivity index (χ3n) is 6.70. The second kappa shape index (κ2) is 7.91. The van der Waals surface area contributed by atoms with Crippen molar-refractivity contribution in [3.63, 3.8) is 0 Å². The van der Waals surface area contributed by atoms with E-state index >= 15 is 0 Å². The predicted octanol–water partition coefficient (Wildman–Crippen LogP) is 2.17. The summed E-state index contributed by atoms with van der Waals surface area (Å²) in [6.07, 6.45) is 2.59. The summed E-state index contributed by atoms with van der Waals surface area (Å²) < 4.78 is 20.9. The zero-order valence-electron chi connectivity index (χ0n) is 18.0. The van der Waals surface area contributed by atoms with Gasteiger partial charge in [-0.2, -0.15) is 0 Å². The Balaban J connectivity index is 1.43. The van der Waals surface area contributed by atoms with E-state index in [9.17, 15) is 14.6 Å². The van der Waals surface area contributed by atoms with Crippen LogP contribution in [-0.2, 0) is 11.2 Å². The lowest BCUT2D eigenvalue weighted by atomic mass is 9.90. The molecule has 33 heavy (non-hydrogen) atoms. The highest BCUT2D eigenvalue weighted by Crippen LogP contribution is 2.45. The first-order chi connectivity index (χ1) is 15.8. The highest BCUT2D eigenvalue weighted by Gasteiger charge is 2.53. The topological polar surface area (TPSA) is 145 Å². The Hall–Kier alpha value is -3.34. The SMILES string of the molecule is CO[C@@H]1[C@H](Cc2ccc3cc(F)c(N)nc3c2)CC[C@]1(O)[C@@H](O)n1ccc2c(N)ncnc21. The van der Waals surface area contributed by atoms with Crippen LogP contribution in [0.25, 0.3) is 21.9 Å². The van der Waals surface area contributed by atoms with Gasteiger partial charge in [0.05, 0.1) is 17.0 Å². The Kier molecular flexibility index (Phi) is 5.15. The van der Waals surface area contributed by atoms with Crippen LogP contribution in [0, 0.1) is 11.7 Å². The fourth-order valence-corrected chi connectivity index (χ4v) is 5.06. The van der Waals surface area contributed by atoms with Crippen molar-refractivity contribution in [3.05, 3.63) is 54.2 Å². The van der Waals surface area contributed by atoms with E-state index in [1.165, 1.54) is 24.1 Å². The number of nitrogens with zero attached hydrogens (tertiary/aromatic N) is 4. The molecule has 3 heterocycles. The number of benzene rings is 1. The number of nitrogen functional groups attached to an aromatic ring is 2. The maximum absolute atomic E-state index is 13.7. The van der Waals surface area contributed by atoms with E-state index in [2.05, 4.69) is 15.0 Å². The van der Waals surface area contributed by atoms with Gasteiger partial charge in [0.1, 0.15) is 23.4 Å². The van der Waals surface area contributed by atoms with Crippen molar-refractivity contribution in [2.24, 2.45) is 5.92 Å². The number of hydrogen-bond acceptors (Lipinski definition) is 8. The molecular weight excluding hydrogens is 427 g/mol. The molecule has 1 aromatic carbocycles. The molecule has 0 unspecified atom stereocenters. The number of aliphatic hydroxyl groups excluding tert-OH is 1. The maximum Gasteiger partial charge on any atom is 0.165 e. The Bertz CT molecular complexity index is 1340. The van der Waals surface area contributed by atoms with Gasteiger partial charge in [0.15, 0.2) is 17.9 Å². The molecule has 0 radical (unpaired) electrons. The van der Waals surface area contributed by atoms with Gasteiger partial charge in [-0.05, 0) is 48.9 Å². The van der Waals surface area contributed by atoms with Crippen molar-refractivity contribution in [1.82, 2.24) is 19.5 Å². The summed E-state index contributed by atoms with van der Waals surface area (Å²) in [6, 6.07) is 8.64. The van der Waals surface area contributed by atoms with Gasteiger partial charge in [-0.1, -0.05) is 12.1 Å². The van der Waals surface area contributed by atoms with Crippen LogP contribution in [0.15, 0.2) is 42.9 Å². The van der Waals surface area contributed by atoms with E-state index in [0.717, 1.165) is 5.56 Å². The third kappa shape index (κ3) is 3.47. The van der Waals surface area contributed by atoms with Crippen molar-refractivity contribution in [1.29, 1.82) is 0 Å². The third-order valence-corrected chi connectivity index (χ3v) is 6.70. The molecule has 4 aromatic rings. The first kappa shape index (κ1) is 21.5. The zero-order chi connectivity index (χ0) is 23.3. The lowest BCUT2D eigenvalue weighted by molar-refractivity contribution is -0.174. The Morgan fingerprint density at radius 1 is 1.24 bits per heavy atom. The molecule has 0 spiro atoms. The van der Waals surface area contributed by atoms with Crippen molar-refractivity contribution < 1.29 is 19.3 Å². The Morgan fingerprint density at radius 3 is 2.85 bits per heavy atom. The molecule has 1 aliphatic rings. The van der Waals surface area contributed by atoms with Gasteiger partial charge in [-0.15, -0.1) is 0 Å². The molecular formula is C23H25FN6O3. The summed E-state index contributed by atoms with van der Waals surface area (Å²) in [7, 11) is 1.53. The van der Waals surface area contributed by atoms with Crippen molar-refractivity contribution in [2.75, 3.05) is 18.6 Å². The number of rotatable bonds is 5. The van der Waals surface area contributed by atoms with E-state index < -0.39 is 23.8 Å². The van der Waals surface area contributed by atoms with Crippen LogP contribution in [0.4, 0.5) is 16.0 Å². The van der Waals surface area contributed by atoms with Gasteiger partial charge in [0, 0.05) is 18.7 Å². The number of pyridine rings is 1. The lowest BCUT2D eigenvalue weighted by Gasteiger charge is -2.36. The first-order valence-corrected chi connectivity index (χ1v) is 10.7. The second-order valence-corrected chi connectivity index (χ2v) is 8.63. The number of aromatic nitrogens is 4. The fraction of sp³-hybridized carbons (Fsp3) is 0.348. The van der Waals surface area contributed by atoms with E-state index in [1.54, 1.807) is 18.3 Å². The number of nitrogens with two attached hydrogens (primary N) is 2. The number of fused-ring (bicyclic) bond motifs is 2. The summed E-state index contributed by atoms with van der Waals surface area (Å²) in [5.74, 6) is -0.451. The van der Waals surface area contributed by atoms with Crippen LogP contribution in [0.1, 0.15) is 24.6 Å². The lowest BCUT2D eigenvalue weighted by Crippen LogP contribution is -2.48. The van der Waals surface area contributed by atoms with E-state index in [-0.39, 0.29) is 11.7 Å². The molecule has 3 aromatic heterocycles. The largest absolute Gasteiger partial charge is 0.383 e. The number of halogens is 1. The van der Waals surface area contributed by atoms with Gasteiger partial charge in [-0.3, -0.25) is 0 Å². The molecule has 1 saturated carbocycles. The first-order valence-electron chi connectivity index (χ1n) is 10.7. The van der Waals surface area contributed by atoms with E-state index in [4.69, 9.17) is 16.2 Å². The number of methoxy groups -OCH3 is 1. The highest BCUT2D eigenvalue weighted by molar-refractivity contribution is 5.86. The molecule has 9 nitrogen and oxygen atoms in total. The normalized spacial score (nSPS) is 24.0. The molecule has 1 aliphatic carbocycles. The molecule has 10 heteroatoms. The van der Waals surface area contributed by atoms with Crippen LogP contribution >= 0.6 is 0 Å². The van der Waals surface area contributed by atoms with E-state index in [1.807, 2.05) is 12.1 Å². The second-order valence-electron chi connectivity index (χ2n) is 8.63. The van der Waals surface area contributed by atoms with Gasteiger partial charge in [0.2, 0.25) is 0 Å². The smallest absolute Gasteiger partial charge is 0.165 e. The Morgan fingerprint density at radius 2 is 2.06 bits per heavy atom. The molecule has 1 fully saturated rings. The molecule has 4 atom stereocenters. The van der Waals surface area contributed by atoms with Crippen molar-refractivity contribution in [3.8, 4) is 0 Å². The minimum Gasteiger partial charge on any atom is -0.383 e.